The molecule has 0 saturated heterocycles. The van der Waals surface area contributed by atoms with Gasteiger partial charge in [-0.25, -0.2) is 0 Å². The molecule has 0 spiro atoms. The second-order valence-corrected chi connectivity index (χ2v) is 3.55. The molecular formula is C11H14ClNO3. The van der Waals surface area contributed by atoms with Crippen LogP contribution in [-0.4, -0.2) is 33.6 Å². The summed E-state index contributed by atoms with van der Waals surface area (Å²) in [6.45, 7) is 0.235. The van der Waals surface area contributed by atoms with Crippen LogP contribution in [0.25, 0.3) is 0 Å². The van der Waals surface area contributed by atoms with Gasteiger partial charge in [-0.1, -0.05) is 11.6 Å². The first-order valence-corrected chi connectivity index (χ1v) is 5.11. The minimum atomic E-state index is -0.0797. The lowest BCUT2D eigenvalue weighted by atomic mass is 10.1. The van der Waals surface area contributed by atoms with Gasteiger partial charge in [0.25, 0.3) is 0 Å². The Balaban J connectivity index is 3.17. The molecular weight excluding hydrogens is 230 g/mol. The predicted molar refractivity (Wildman–Crippen MR) is 62.8 cm³/mol. The van der Waals surface area contributed by atoms with Crippen LogP contribution in [0.1, 0.15) is 10.4 Å². The Labute approximate surface area is 99.5 Å². The van der Waals surface area contributed by atoms with E-state index in [4.69, 9.17) is 21.1 Å². The number of ether oxygens (including phenoxy) is 2. The SMILES string of the molecule is CNCC(=O)c1cc(Cl)c(OC)cc1OC. The zero-order chi connectivity index (χ0) is 12.1. The summed E-state index contributed by atoms with van der Waals surface area (Å²) in [5.41, 5.74) is 0.447. The molecule has 0 aliphatic rings. The average molecular weight is 244 g/mol. The van der Waals surface area contributed by atoms with Crippen LogP contribution < -0.4 is 14.8 Å². The zero-order valence-electron chi connectivity index (χ0n) is 9.46. The van der Waals surface area contributed by atoms with Crippen molar-refractivity contribution < 1.29 is 14.3 Å². The Morgan fingerprint density at radius 2 is 1.94 bits per heavy atom. The second-order valence-electron chi connectivity index (χ2n) is 3.14. The molecule has 0 aliphatic carbocycles. The average Bonchev–Trinajstić information content (AvgIpc) is 2.29. The summed E-state index contributed by atoms with van der Waals surface area (Å²) in [5.74, 6) is 0.866. The van der Waals surface area contributed by atoms with Gasteiger partial charge in [0, 0.05) is 6.07 Å². The Kier molecular flexibility index (Phi) is 4.58. The summed E-state index contributed by atoms with van der Waals surface area (Å²) in [4.78, 5) is 11.7. The fraction of sp³-hybridized carbons (Fsp3) is 0.364. The summed E-state index contributed by atoms with van der Waals surface area (Å²) in [6, 6.07) is 3.16. The van der Waals surface area contributed by atoms with Gasteiger partial charge in [-0.2, -0.15) is 0 Å². The highest BCUT2D eigenvalue weighted by atomic mass is 35.5. The molecule has 0 atom stereocenters. The number of halogens is 1. The van der Waals surface area contributed by atoms with E-state index in [0.29, 0.717) is 22.1 Å². The van der Waals surface area contributed by atoms with Crippen LogP contribution in [0.2, 0.25) is 5.02 Å². The van der Waals surface area contributed by atoms with E-state index < -0.39 is 0 Å². The molecule has 1 aromatic carbocycles. The topological polar surface area (TPSA) is 47.6 Å². The number of benzene rings is 1. The fourth-order valence-corrected chi connectivity index (χ4v) is 1.57. The Morgan fingerprint density at radius 3 is 2.44 bits per heavy atom. The highest BCUT2D eigenvalue weighted by Crippen LogP contribution is 2.32. The van der Waals surface area contributed by atoms with Crippen LogP contribution in [0.15, 0.2) is 12.1 Å². The Bertz CT molecular complexity index is 393. The number of methoxy groups -OCH3 is 2. The van der Waals surface area contributed by atoms with Gasteiger partial charge in [0.2, 0.25) is 0 Å². The second kappa shape index (κ2) is 5.72. The van der Waals surface area contributed by atoms with E-state index in [1.54, 1.807) is 19.2 Å². The van der Waals surface area contributed by atoms with Crippen molar-refractivity contribution in [1.29, 1.82) is 0 Å². The minimum absolute atomic E-state index is 0.0797. The van der Waals surface area contributed by atoms with Crippen molar-refractivity contribution in [3.8, 4) is 11.5 Å². The van der Waals surface area contributed by atoms with Crippen molar-refractivity contribution in [2.75, 3.05) is 27.8 Å². The molecule has 1 rings (SSSR count). The number of hydrogen-bond donors (Lipinski definition) is 1. The molecule has 4 nitrogen and oxygen atoms in total. The maximum atomic E-state index is 11.7. The molecule has 1 N–H and O–H groups in total. The third-order valence-corrected chi connectivity index (χ3v) is 2.41. The van der Waals surface area contributed by atoms with E-state index in [2.05, 4.69) is 5.32 Å². The molecule has 0 radical (unpaired) electrons. The summed E-state index contributed by atoms with van der Waals surface area (Å²) in [6.07, 6.45) is 0. The molecule has 0 unspecified atom stereocenters. The fourth-order valence-electron chi connectivity index (χ4n) is 1.33. The largest absolute Gasteiger partial charge is 0.496 e. The van der Waals surface area contributed by atoms with Crippen molar-refractivity contribution >= 4 is 17.4 Å². The maximum absolute atomic E-state index is 11.7. The van der Waals surface area contributed by atoms with Gasteiger partial charge in [0.05, 0.1) is 31.4 Å². The number of nitrogens with one attached hydrogen (secondary N) is 1. The first-order chi connectivity index (χ1) is 7.63. The number of rotatable bonds is 5. The van der Waals surface area contributed by atoms with Crippen LogP contribution in [0.3, 0.4) is 0 Å². The van der Waals surface area contributed by atoms with Crippen molar-refractivity contribution in [1.82, 2.24) is 5.32 Å². The van der Waals surface area contributed by atoms with Gasteiger partial charge in [-0.15, -0.1) is 0 Å². The molecule has 16 heavy (non-hydrogen) atoms. The lowest BCUT2D eigenvalue weighted by Crippen LogP contribution is -2.19. The lowest BCUT2D eigenvalue weighted by molar-refractivity contribution is 0.0990. The molecule has 0 heterocycles. The predicted octanol–water partition coefficient (Wildman–Crippen LogP) is 1.76. The molecule has 1 aromatic rings. The number of ketones is 1. The summed E-state index contributed by atoms with van der Waals surface area (Å²) >= 11 is 5.95. The van der Waals surface area contributed by atoms with Crippen LogP contribution in [0.5, 0.6) is 11.5 Å². The number of likely N-dealkylation sites (N-methyl/N-ethyl adjacent to an activating group) is 1. The molecule has 88 valence electrons. The van der Waals surface area contributed by atoms with Crippen molar-refractivity contribution in [2.45, 2.75) is 0 Å². The third-order valence-electron chi connectivity index (χ3n) is 2.11. The van der Waals surface area contributed by atoms with Gasteiger partial charge in [0.15, 0.2) is 5.78 Å². The van der Waals surface area contributed by atoms with Crippen LogP contribution in [0, 0.1) is 0 Å². The summed E-state index contributed by atoms with van der Waals surface area (Å²) in [5, 5.41) is 3.18. The minimum Gasteiger partial charge on any atom is -0.496 e. The van der Waals surface area contributed by atoms with Gasteiger partial charge in [-0.3, -0.25) is 4.79 Å². The van der Waals surface area contributed by atoms with Gasteiger partial charge in [0.1, 0.15) is 11.5 Å². The van der Waals surface area contributed by atoms with Crippen LogP contribution >= 0.6 is 11.6 Å². The third kappa shape index (κ3) is 2.65. The van der Waals surface area contributed by atoms with E-state index in [9.17, 15) is 4.79 Å². The van der Waals surface area contributed by atoms with E-state index >= 15 is 0 Å². The van der Waals surface area contributed by atoms with Gasteiger partial charge < -0.3 is 14.8 Å². The maximum Gasteiger partial charge on any atom is 0.180 e. The van der Waals surface area contributed by atoms with E-state index in [0.717, 1.165) is 0 Å². The van der Waals surface area contributed by atoms with Crippen molar-refractivity contribution in [2.24, 2.45) is 0 Å². The van der Waals surface area contributed by atoms with Gasteiger partial charge >= 0.3 is 0 Å². The van der Waals surface area contributed by atoms with Crippen LogP contribution in [0.4, 0.5) is 0 Å². The van der Waals surface area contributed by atoms with Gasteiger partial charge in [-0.05, 0) is 13.1 Å². The highest BCUT2D eigenvalue weighted by molar-refractivity contribution is 6.32. The Morgan fingerprint density at radius 1 is 1.31 bits per heavy atom. The summed E-state index contributed by atoms with van der Waals surface area (Å²) < 4.78 is 10.2. The quantitative estimate of drug-likeness (QED) is 0.801. The first-order valence-electron chi connectivity index (χ1n) is 4.73. The monoisotopic (exact) mass is 243 g/mol. The Hall–Kier alpha value is -1.26. The molecule has 5 heteroatoms. The van der Waals surface area contributed by atoms with E-state index in [1.807, 2.05) is 0 Å². The highest BCUT2D eigenvalue weighted by Gasteiger charge is 2.15. The standard InChI is InChI=1S/C11H14ClNO3/c1-13-6-9(14)7-4-8(12)11(16-3)5-10(7)15-2/h4-5,13H,6H2,1-3H3. The van der Waals surface area contributed by atoms with Crippen molar-refractivity contribution in [3.63, 3.8) is 0 Å². The number of carbonyl (C=O) groups excluding carboxylic acids is 1. The van der Waals surface area contributed by atoms with Crippen molar-refractivity contribution in [3.05, 3.63) is 22.7 Å². The molecule has 0 fully saturated rings. The number of Topliss-reactive ketones (excluding diaryl/α,β-unsaturated/α-hetero) is 1. The molecule has 0 amide bonds. The smallest absolute Gasteiger partial charge is 0.180 e. The molecule has 0 aromatic heterocycles. The normalized spacial score (nSPS) is 10.0. The van der Waals surface area contributed by atoms with E-state index in [-0.39, 0.29) is 12.3 Å². The first kappa shape index (κ1) is 12.8. The van der Waals surface area contributed by atoms with E-state index in [1.165, 1.54) is 14.2 Å². The summed E-state index contributed by atoms with van der Waals surface area (Å²) in [7, 11) is 4.71. The molecule has 0 saturated carbocycles. The lowest BCUT2D eigenvalue weighted by Gasteiger charge is -2.11. The molecule has 0 bridgehead atoms. The van der Waals surface area contributed by atoms with Crippen LogP contribution in [-0.2, 0) is 0 Å². The number of carbonyl (C=O) groups is 1. The number of hydrogen-bond acceptors (Lipinski definition) is 4. The zero-order valence-corrected chi connectivity index (χ0v) is 10.2. The molecule has 0 aliphatic heterocycles.